The number of allylic oxidation sites excluding steroid dienone is 6. The van der Waals surface area contributed by atoms with Crippen LogP contribution >= 0.6 is 15.6 Å². The SMILES string of the molecule is CCCCCC/C=C\C/C=C\C/C=C\CCCCCCCCC(=O)O[C@@H]1COC(=O)CCCCC(=O)C[C@@H]2[C@H](n3ccc(N)nc3=O)O[C@H](COP(=O)(O)OP(=O)(O)OC1)[C@@H](O)[C@@H](O)[C@@H](/C=C/[C@@H](O)CCCCC)[C@H](O)C[C@@H]2O. The van der Waals surface area contributed by atoms with Gasteiger partial charge < -0.3 is 55.3 Å². The highest BCUT2D eigenvalue weighted by Gasteiger charge is 2.45. The van der Waals surface area contributed by atoms with Gasteiger partial charge in [-0.3, -0.25) is 28.0 Å². The maximum Gasteiger partial charge on any atom is 0.481 e. The molecule has 2 fully saturated rings. The van der Waals surface area contributed by atoms with E-state index in [1.54, 1.807) is 0 Å². The van der Waals surface area contributed by atoms with Gasteiger partial charge in [-0.05, 0) is 70.3 Å². The maximum absolute atomic E-state index is 13.7. The number of unbranched alkanes of at least 4 members (excludes halogenated alkanes) is 12. The minimum absolute atomic E-state index is 0.0422. The summed E-state index contributed by atoms with van der Waals surface area (Å²) in [5.41, 5.74) is 4.67. The molecule has 22 nitrogen and oxygen atoms in total. The highest BCUT2D eigenvalue weighted by molar-refractivity contribution is 7.61. The van der Waals surface area contributed by atoms with Gasteiger partial charge in [-0.1, -0.05) is 127 Å². The number of anilines is 1. The molecular weight excluding hydrogens is 1070 g/mol. The largest absolute Gasteiger partial charge is 0.481 e. The number of aliphatic hydroxyl groups is 5. The van der Waals surface area contributed by atoms with Crippen molar-refractivity contribution in [2.75, 3.05) is 25.6 Å². The Bertz CT molecular complexity index is 2210. The topological polar surface area (TPSA) is 343 Å². The molecule has 0 spiro atoms. The van der Waals surface area contributed by atoms with E-state index in [1.807, 2.05) is 6.92 Å². The minimum atomic E-state index is -5.77. The van der Waals surface area contributed by atoms with E-state index in [0.29, 0.717) is 19.3 Å². The average Bonchev–Trinajstić information content (AvgIpc) is 3.41. The summed E-state index contributed by atoms with van der Waals surface area (Å²) in [7, 11) is -11.4. The van der Waals surface area contributed by atoms with E-state index >= 15 is 0 Å². The van der Waals surface area contributed by atoms with Gasteiger partial charge in [-0.25, -0.2) is 13.9 Å². The normalized spacial score (nSPS) is 29.3. The molecule has 0 aliphatic carbocycles. The van der Waals surface area contributed by atoms with Crippen molar-refractivity contribution in [2.24, 2.45) is 11.8 Å². The van der Waals surface area contributed by atoms with Crippen LogP contribution in [0.25, 0.3) is 0 Å². The molecule has 9 N–H and O–H groups in total. The van der Waals surface area contributed by atoms with E-state index in [1.165, 1.54) is 43.9 Å². The van der Waals surface area contributed by atoms with E-state index in [4.69, 9.17) is 29.0 Å². The fourth-order valence-electron chi connectivity index (χ4n) is 9.07. The van der Waals surface area contributed by atoms with Gasteiger partial charge in [0.1, 0.15) is 36.6 Å². The predicted molar refractivity (Wildman–Crippen MR) is 296 cm³/mol. The van der Waals surface area contributed by atoms with Crippen LogP contribution in [-0.2, 0) is 51.1 Å². The van der Waals surface area contributed by atoms with Crippen molar-refractivity contribution in [2.45, 2.75) is 223 Å². The van der Waals surface area contributed by atoms with Gasteiger partial charge in [0.05, 0.1) is 37.6 Å². The second kappa shape index (κ2) is 38.9. The Labute approximate surface area is 465 Å². The Morgan fingerprint density at radius 3 is 2.04 bits per heavy atom. The van der Waals surface area contributed by atoms with Gasteiger partial charge in [0.2, 0.25) is 0 Å². The lowest BCUT2D eigenvalue weighted by Crippen LogP contribution is -2.52. The number of carbonyl (C=O) groups is 3. The molecule has 24 heteroatoms. The van der Waals surface area contributed by atoms with E-state index in [0.717, 1.165) is 81.4 Å². The number of phosphoric acid groups is 2. The van der Waals surface area contributed by atoms with Crippen LogP contribution in [0, 0.1) is 11.8 Å². The summed E-state index contributed by atoms with van der Waals surface area (Å²) in [6.45, 7) is 1.29. The Kier molecular flexibility index (Phi) is 34.2. The molecule has 3 heterocycles. The first kappa shape index (κ1) is 69.5. The summed E-state index contributed by atoms with van der Waals surface area (Å²) >= 11 is 0. The molecule has 3 rings (SSSR count). The number of aliphatic hydroxyl groups excluding tert-OH is 5. The molecule has 0 amide bonds. The molecule has 2 aliphatic heterocycles. The number of hydrogen-bond acceptors (Lipinski definition) is 19. The Hall–Kier alpha value is -3.73. The lowest BCUT2D eigenvalue weighted by atomic mass is 9.82. The first-order chi connectivity index (χ1) is 37.8. The molecule has 12 atom stereocenters. The van der Waals surface area contributed by atoms with Crippen LogP contribution in [0.5, 0.6) is 0 Å². The summed E-state index contributed by atoms with van der Waals surface area (Å²) in [5, 5.41) is 57.5. The summed E-state index contributed by atoms with van der Waals surface area (Å²) in [5.74, 6) is -5.21. The lowest BCUT2D eigenvalue weighted by Gasteiger charge is -2.40. The highest BCUT2D eigenvalue weighted by atomic mass is 31.3. The fourth-order valence-corrected chi connectivity index (χ4v) is 11.2. The molecule has 1 aromatic heterocycles. The summed E-state index contributed by atoms with van der Waals surface area (Å²) in [4.78, 5) is 78.1. The Morgan fingerprint density at radius 1 is 0.785 bits per heavy atom. The van der Waals surface area contributed by atoms with Crippen molar-refractivity contribution >= 4 is 39.2 Å². The molecule has 2 saturated heterocycles. The number of aromatic nitrogens is 2. The first-order valence-electron chi connectivity index (χ1n) is 28.3. The zero-order chi connectivity index (χ0) is 58.1. The van der Waals surface area contributed by atoms with Gasteiger partial charge in [-0.2, -0.15) is 9.29 Å². The van der Waals surface area contributed by atoms with Crippen molar-refractivity contribution in [3.63, 3.8) is 0 Å². The second-order valence-corrected chi connectivity index (χ2v) is 23.4. The molecule has 0 saturated carbocycles. The van der Waals surface area contributed by atoms with Gasteiger partial charge in [0.15, 0.2) is 6.10 Å². The fraction of sp³-hybridized carbons (Fsp3) is 0.727. The molecule has 79 heavy (non-hydrogen) atoms. The van der Waals surface area contributed by atoms with Crippen molar-refractivity contribution in [3.05, 3.63) is 71.4 Å². The number of nitrogens with zero attached hydrogens (tertiary/aromatic N) is 2. The van der Waals surface area contributed by atoms with Crippen molar-refractivity contribution in [1.29, 1.82) is 0 Å². The van der Waals surface area contributed by atoms with Crippen LogP contribution in [0.1, 0.15) is 181 Å². The summed E-state index contributed by atoms with van der Waals surface area (Å²) in [6, 6.07) is 1.18. The number of ether oxygens (including phenoxy) is 3. The number of esters is 2. The van der Waals surface area contributed by atoms with Gasteiger partial charge in [-0.15, -0.1) is 0 Å². The van der Waals surface area contributed by atoms with E-state index in [2.05, 4.69) is 52.7 Å². The smallest absolute Gasteiger partial charge is 0.462 e. The van der Waals surface area contributed by atoms with E-state index in [-0.39, 0.29) is 37.9 Å². The Morgan fingerprint density at radius 2 is 1.38 bits per heavy atom. The Balaban J connectivity index is 1.73. The van der Waals surface area contributed by atoms with Crippen molar-refractivity contribution in [1.82, 2.24) is 9.55 Å². The number of Topliss-reactive ketones (excluding diaryl/α,β-unsaturated/α-hetero) is 1. The zero-order valence-electron chi connectivity index (χ0n) is 46.2. The first-order valence-corrected chi connectivity index (χ1v) is 31.3. The van der Waals surface area contributed by atoms with E-state index < -0.39 is 133 Å². The predicted octanol–water partition coefficient (Wildman–Crippen LogP) is 8.07. The number of hydrogen-bond donors (Lipinski definition) is 8. The number of cyclic esters (lactones) is 1. The van der Waals surface area contributed by atoms with Crippen LogP contribution < -0.4 is 11.4 Å². The van der Waals surface area contributed by atoms with Crippen molar-refractivity contribution < 1.29 is 86.4 Å². The molecule has 2 unspecified atom stereocenters. The monoisotopic (exact) mass is 1160 g/mol. The van der Waals surface area contributed by atoms with Crippen molar-refractivity contribution in [3.8, 4) is 0 Å². The molecular formula is C55H91N3O19P2. The highest BCUT2D eigenvalue weighted by Crippen LogP contribution is 2.60. The van der Waals surface area contributed by atoms with Gasteiger partial charge in [0, 0.05) is 50.1 Å². The number of nitrogen functional groups attached to an aromatic ring is 1. The van der Waals surface area contributed by atoms with Crippen LogP contribution in [0.15, 0.2) is 65.7 Å². The van der Waals surface area contributed by atoms with Crippen LogP contribution in [0.3, 0.4) is 0 Å². The number of fused-ring (bicyclic) bond motifs is 3. The third-order valence-corrected chi connectivity index (χ3v) is 16.2. The standard InChI is InChI=1S/C55H91N3O19P2/c1-3-5-7-8-9-10-11-12-13-14-15-16-17-18-19-20-21-22-23-25-31-51(64)75-43-38-72-50(63)30-27-26-29-42(60)36-45-47(62)37-46(61)44(33-32-41(59)28-24-6-4-2)52(65)53(66)48(40-74-79(70,71)77-78(68,69)73-39-43)76-54(45)58-35-34-49(56)57-55(58)67/h10-11,13-14,16-17,32-35,41,43-48,52-54,59,61-62,65-66H,3-9,12,15,18-31,36-40H2,1-2H3,(H,68,69)(H,70,71)(H2,56,57,67)/b11-10-,14-13-,17-16-,33-32+/t41-,43+,44-,45-,46+,47-,48+,52-,53+,54+/m0/s1. The molecule has 2 bridgehead atoms. The zero-order valence-corrected chi connectivity index (χ0v) is 48.0. The number of ketones is 1. The maximum atomic E-state index is 13.7. The summed E-state index contributed by atoms with van der Waals surface area (Å²) in [6.07, 6.45) is 18.1. The molecule has 2 aliphatic rings. The van der Waals surface area contributed by atoms with E-state index in [9.17, 15) is 63.6 Å². The number of nitrogens with two attached hydrogens (primary N) is 1. The van der Waals surface area contributed by atoms with Crippen LogP contribution in [-0.4, -0.2) is 125 Å². The molecule has 1 aromatic rings. The van der Waals surface area contributed by atoms with Crippen LogP contribution in [0.2, 0.25) is 0 Å². The molecule has 450 valence electrons. The van der Waals surface area contributed by atoms with Crippen LogP contribution in [0.4, 0.5) is 5.82 Å². The lowest BCUT2D eigenvalue weighted by molar-refractivity contribution is -0.196. The third-order valence-electron chi connectivity index (χ3n) is 13.6. The summed E-state index contributed by atoms with van der Waals surface area (Å²) < 4.78 is 58.9. The number of rotatable bonds is 26. The van der Waals surface area contributed by atoms with Gasteiger partial charge in [0.25, 0.3) is 0 Å². The number of carbonyl (C=O) groups excluding carboxylic acids is 3. The average molecular weight is 1160 g/mol. The van der Waals surface area contributed by atoms with Gasteiger partial charge >= 0.3 is 33.3 Å². The number of phosphoric ester groups is 2. The second-order valence-electron chi connectivity index (χ2n) is 20.4. The third kappa shape index (κ3) is 29.2. The molecule has 0 radical (unpaired) electrons. The molecule has 0 aromatic carbocycles. The quantitative estimate of drug-likeness (QED) is 0.0188. The minimum Gasteiger partial charge on any atom is -0.462 e.